The van der Waals surface area contributed by atoms with Crippen molar-refractivity contribution in [2.75, 3.05) is 5.32 Å². The zero-order valence-electron chi connectivity index (χ0n) is 12.5. The average Bonchev–Trinajstić information content (AvgIpc) is 2.94. The van der Waals surface area contributed by atoms with Crippen LogP contribution in [0.5, 0.6) is 0 Å². The fraction of sp³-hybridized carbons (Fsp3) is 0.267. The third kappa shape index (κ3) is 4.82. The summed E-state index contributed by atoms with van der Waals surface area (Å²) in [4.78, 5) is 27.1. The van der Waals surface area contributed by atoms with Crippen LogP contribution in [0.3, 0.4) is 0 Å². The second-order valence-corrected chi connectivity index (χ2v) is 5.79. The molecule has 23 heavy (non-hydrogen) atoms. The third-order valence-corrected chi connectivity index (χ3v) is 3.71. The van der Waals surface area contributed by atoms with Gasteiger partial charge in [-0.15, -0.1) is 0 Å². The van der Waals surface area contributed by atoms with Crippen LogP contribution in [0.4, 0.5) is 10.5 Å². The second kappa shape index (κ2) is 7.77. The first kappa shape index (κ1) is 17.0. The Morgan fingerprint density at radius 2 is 2.04 bits per heavy atom. The molecule has 0 spiro atoms. The van der Waals surface area contributed by atoms with Crippen molar-refractivity contribution in [2.45, 2.75) is 25.9 Å². The minimum absolute atomic E-state index is 0.193. The van der Waals surface area contributed by atoms with Crippen molar-refractivity contribution in [3.05, 3.63) is 47.0 Å². The number of aromatic nitrogens is 2. The molecule has 0 saturated carbocycles. The Labute approximate surface area is 141 Å². The summed E-state index contributed by atoms with van der Waals surface area (Å²) in [5, 5.41) is 14.5. The van der Waals surface area contributed by atoms with Crippen molar-refractivity contribution in [3.63, 3.8) is 0 Å². The third-order valence-electron chi connectivity index (χ3n) is 3.18. The van der Waals surface area contributed by atoms with Crippen molar-refractivity contribution in [2.24, 2.45) is 0 Å². The van der Waals surface area contributed by atoms with Crippen LogP contribution in [0.1, 0.15) is 25.2 Å². The maximum absolute atomic E-state index is 12.1. The molecule has 0 radical (unpaired) electrons. The standard InChI is InChI=1S/C15H17BrN4O3/c1-2-12(14-17-7-8-20(14)9-13(21)22)19-15(23)18-11-5-3-10(16)4-6-11/h3-8,12H,2,9H2,1H3,(H,21,22)(H2,18,19,23)/t12-/m0/s1. The van der Waals surface area contributed by atoms with E-state index in [2.05, 4.69) is 31.5 Å². The summed E-state index contributed by atoms with van der Waals surface area (Å²) in [6.45, 7) is 1.70. The van der Waals surface area contributed by atoms with Gasteiger partial charge in [-0.05, 0) is 30.7 Å². The van der Waals surface area contributed by atoms with Gasteiger partial charge in [-0.2, -0.15) is 0 Å². The molecule has 1 atom stereocenters. The number of hydrogen-bond acceptors (Lipinski definition) is 3. The first-order valence-electron chi connectivity index (χ1n) is 7.05. The van der Waals surface area contributed by atoms with E-state index in [1.54, 1.807) is 18.3 Å². The molecule has 3 N–H and O–H groups in total. The van der Waals surface area contributed by atoms with E-state index in [1.807, 2.05) is 19.1 Å². The van der Waals surface area contributed by atoms with Crippen molar-refractivity contribution in [1.29, 1.82) is 0 Å². The molecule has 0 aliphatic rings. The molecule has 122 valence electrons. The second-order valence-electron chi connectivity index (χ2n) is 4.87. The number of carboxylic acid groups (broad SMARTS) is 1. The Morgan fingerprint density at radius 3 is 2.65 bits per heavy atom. The number of aliphatic carboxylic acids is 1. The number of rotatable bonds is 6. The van der Waals surface area contributed by atoms with E-state index in [-0.39, 0.29) is 18.6 Å². The summed E-state index contributed by atoms with van der Waals surface area (Å²) >= 11 is 3.33. The molecule has 1 aromatic carbocycles. The Kier molecular flexibility index (Phi) is 5.75. The van der Waals surface area contributed by atoms with Gasteiger partial charge < -0.3 is 20.3 Å². The van der Waals surface area contributed by atoms with Crippen LogP contribution in [-0.2, 0) is 11.3 Å². The predicted octanol–water partition coefficient (Wildman–Crippen LogP) is 3.00. The first-order valence-corrected chi connectivity index (χ1v) is 7.84. The minimum atomic E-state index is -0.960. The highest BCUT2D eigenvalue weighted by Crippen LogP contribution is 2.17. The number of amides is 2. The van der Waals surface area contributed by atoms with Crippen LogP contribution >= 0.6 is 15.9 Å². The summed E-state index contributed by atoms with van der Waals surface area (Å²) < 4.78 is 2.43. The largest absolute Gasteiger partial charge is 0.480 e. The number of nitrogens with one attached hydrogen (secondary N) is 2. The summed E-state index contributed by atoms with van der Waals surface area (Å²) in [5.74, 6) is -0.445. The smallest absolute Gasteiger partial charge is 0.323 e. The Morgan fingerprint density at radius 1 is 1.35 bits per heavy atom. The Balaban J connectivity index is 2.04. The molecule has 1 aromatic heterocycles. The summed E-state index contributed by atoms with van der Waals surface area (Å²) in [6.07, 6.45) is 3.69. The molecule has 2 aromatic rings. The van der Waals surface area contributed by atoms with E-state index in [9.17, 15) is 9.59 Å². The Bertz CT molecular complexity index is 684. The van der Waals surface area contributed by atoms with E-state index in [0.717, 1.165) is 4.47 Å². The van der Waals surface area contributed by atoms with Crippen molar-refractivity contribution < 1.29 is 14.7 Å². The van der Waals surface area contributed by atoms with Crippen LogP contribution in [0.25, 0.3) is 0 Å². The maximum Gasteiger partial charge on any atom is 0.323 e. The van der Waals surface area contributed by atoms with Gasteiger partial charge in [0.25, 0.3) is 0 Å². The first-order chi connectivity index (χ1) is 11.0. The number of anilines is 1. The molecule has 0 aliphatic heterocycles. The van der Waals surface area contributed by atoms with Gasteiger partial charge in [-0.1, -0.05) is 22.9 Å². The maximum atomic E-state index is 12.1. The highest BCUT2D eigenvalue weighted by atomic mass is 79.9. The molecule has 8 heteroatoms. The monoisotopic (exact) mass is 380 g/mol. The fourth-order valence-corrected chi connectivity index (χ4v) is 2.38. The van der Waals surface area contributed by atoms with E-state index < -0.39 is 5.97 Å². The van der Waals surface area contributed by atoms with Crippen LogP contribution < -0.4 is 10.6 Å². The van der Waals surface area contributed by atoms with E-state index in [1.165, 1.54) is 10.8 Å². The number of carboxylic acids is 1. The molecular weight excluding hydrogens is 364 g/mol. The SMILES string of the molecule is CC[C@H](NC(=O)Nc1ccc(Br)cc1)c1nccn1CC(=O)O. The number of imidazole rings is 1. The molecule has 0 unspecified atom stereocenters. The lowest BCUT2D eigenvalue weighted by atomic mass is 10.2. The van der Waals surface area contributed by atoms with Gasteiger partial charge in [0.2, 0.25) is 0 Å². The van der Waals surface area contributed by atoms with E-state index in [0.29, 0.717) is 17.9 Å². The molecule has 0 saturated heterocycles. The fourth-order valence-electron chi connectivity index (χ4n) is 2.12. The number of carbonyl (C=O) groups excluding carboxylic acids is 1. The van der Waals surface area contributed by atoms with Crippen LogP contribution in [-0.4, -0.2) is 26.7 Å². The normalized spacial score (nSPS) is 11.7. The van der Waals surface area contributed by atoms with Crippen LogP contribution in [0.2, 0.25) is 0 Å². The Hall–Kier alpha value is -2.35. The summed E-state index contributed by atoms with van der Waals surface area (Å²) in [6, 6.07) is 6.45. The highest BCUT2D eigenvalue weighted by molar-refractivity contribution is 9.10. The van der Waals surface area contributed by atoms with Crippen LogP contribution in [0, 0.1) is 0 Å². The average molecular weight is 381 g/mol. The van der Waals surface area contributed by atoms with Gasteiger partial charge in [0, 0.05) is 22.6 Å². The quantitative estimate of drug-likeness (QED) is 0.717. The lowest BCUT2D eigenvalue weighted by molar-refractivity contribution is -0.137. The molecule has 0 fully saturated rings. The number of hydrogen-bond donors (Lipinski definition) is 3. The van der Waals surface area contributed by atoms with E-state index >= 15 is 0 Å². The summed E-state index contributed by atoms with van der Waals surface area (Å²) in [5.41, 5.74) is 0.662. The molecular formula is C15H17BrN4O3. The zero-order chi connectivity index (χ0) is 16.8. The lowest BCUT2D eigenvalue weighted by Gasteiger charge is -2.18. The van der Waals surface area contributed by atoms with Gasteiger partial charge in [0.1, 0.15) is 12.4 Å². The predicted molar refractivity (Wildman–Crippen MR) is 89.2 cm³/mol. The molecule has 0 aliphatic carbocycles. The van der Waals surface area contributed by atoms with Gasteiger partial charge in [-0.3, -0.25) is 4.79 Å². The van der Waals surface area contributed by atoms with Gasteiger partial charge >= 0.3 is 12.0 Å². The van der Waals surface area contributed by atoms with Gasteiger partial charge in [0.15, 0.2) is 0 Å². The number of benzene rings is 1. The number of urea groups is 1. The lowest BCUT2D eigenvalue weighted by Crippen LogP contribution is -2.34. The van der Waals surface area contributed by atoms with Gasteiger partial charge in [-0.25, -0.2) is 9.78 Å². The van der Waals surface area contributed by atoms with Crippen molar-refractivity contribution in [3.8, 4) is 0 Å². The molecule has 7 nitrogen and oxygen atoms in total. The molecule has 2 rings (SSSR count). The molecule has 2 amide bonds. The zero-order valence-corrected chi connectivity index (χ0v) is 14.1. The van der Waals surface area contributed by atoms with E-state index in [4.69, 9.17) is 5.11 Å². The van der Waals surface area contributed by atoms with Gasteiger partial charge in [0.05, 0.1) is 6.04 Å². The topological polar surface area (TPSA) is 96.3 Å². The number of halogens is 1. The number of carbonyl (C=O) groups is 2. The number of nitrogens with zero attached hydrogens (tertiary/aromatic N) is 2. The summed E-state index contributed by atoms with van der Waals surface area (Å²) in [7, 11) is 0. The van der Waals surface area contributed by atoms with Crippen LogP contribution in [0.15, 0.2) is 41.1 Å². The molecule has 1 heterocycles. The van der Waals surface area contributed by atoms with Crippen molar-refractivity contribution in [1.82, 2.24) is 14.9 Å². The van der Waals surface area contributed by atoms with Crippen molar-refractivity contribution >= 4 is 33.6 Å². The highest BCUT2D eigenvalue weighted by Gasteiger charge is 2.18. The minimum Gasteiger partial charge on any atom is -0.480 e. The molecule has 0 bridgehead atoms.